The van der Waals surface area contributed by atoms with E-state index in [0.29, 0.717) is 43.5 Å². The second-order valence-electron chi connectivity index (χ2n) is 7.48. The lowest BCUT2D eigenvalue weighted by Gasteiger charge is -2.08. The molecule has 0 spiro atoms. The van der Waals surface area contributed by atoms with Crippen LogP contribution in [-0.4, -0.2) is 18.0 Å². The standard InChI is InChI=1S/C25H19Cl3N2O3/c1-13-8-14(2)23-21(9-13)30-25(33-23)16-4-6-18(27)20(11-16)29-22(31)7-5-15-10-17(26)12-19(28)24(15)32-3/h4-12H,1-3H3,(H,29,31)/b7-5+. The van der Waals surface area contributed by atoms with Crippen LogP contribution < -0.4 is 10.1 Å². The molecular formula is C25H19Cl3N2O3. The van der Waals surface area contributed by atoms with Crippen molar-refractivity contribution in [2.45, 2.75) is 13.8 Å². The first-order chi connectivity index (χ1) is 15.7. The fourth-order valence-electron chi connectivity index (χ4n) is 3.51. The molecule has 5 nitrogen and oxygen atoms in total. The van der Waals surface area contributed by atoms with E-state index in [2.05, 4.69) is 10.3 Å². The number of hydrogen-bond acceptors (Lipinski definition) is 4. The third kappa shape index (κ3) is 5.01. The number of aromatic nitrogens is 1. The summed E-state index contributed by atoms with van der Waals surface area (Å²) in [5.74, 6) is 0.475. The molecule has 1 aromatic heterocycles. The minimum absolute atomic E-state index is 0.351. The van der Waals surface area contributed by atoms with Crippen LogP contribution in [0.5, 0.6) is 5.75 Å². The Labute approximate surface area is 205 Å². The van der Waals surface area contributed by atoms with E-state index in [-0.39, 0.29) is 0 Å². The Balaban J connectivity index is 1.60. The van der Waals surface area contributed by atoms with E-state index < -0.39 is 5.91 Å². The van der Waals surface area contributed by atoms with Crippen molar-refractivity contribution in [2.75, 3.05) is 12.4 Å². The number of anilines is 1. The second-order valence-corrected chi connectivity index (χ2v) is 8.73. The minimum Gasteiger partial charge on any atom is -0.495 e. The molecular weight excluding hydrogens is 483 g/mol. The number of hydrogen-bond donors (Lipinski definition) is 1. The summed E-state index contributed by atoms with van der Waals surface area (Å²) >= 11 is 18.5. The molecule has 3 aromatic carbocycles. The number of benzene rings is 3. The van der Waals surface area contributed by atoms with Gasteiger partial charge in [0.05, 0.1) is 22.8 Å². The molecule has 0 fully saturated rings. The van der Waals surface area contributed by atoms with E-state index in [1.807, 2.05) is 26.0 Å². The van der Waals surface area contributed by atoms with Gasteiger partial charge < -0.3 is 14.5 Å². The van der Waals surface area contributed by atoms with Gasteiger partial charge in [-0.2, -0.15) is 0 Å². The van der Waals surface area contributed by atoms with Crippen LogP contribution in [0.4, 0.5) is 5.69 Å². The van der Waals surface area contributed by atoms with Gasteiger partial charge in [-0.1, -0.05) is 40.9 Å². The van der Waals surface area contributed by atoms with Gasteiger partial charge in [0.2, 0.25) is 11.8 Å². The van der Waals surface area contributed by atoms with Crippen LogP contribution in [0.15, 0.2) is 53.0 Å². The number of carbonyl (C=O) groups excluding carboxylic acids is 1. The third-order valence-corrected chi connectivity index (χ3v) is 5.78. The van der Waals surface area contributed by atoms with E-state index in [0.717, 1.165) is 22.2 Å². The minimum atomic E-state index is -0.392. The summed E-state index contributed by atoms with van der Waals surface area (Å²) < 4.78 is 11.3. The van der Waals surface area contributed by atoms with Crippen molar-refractivity contribution >= 4 is 63.6 Å². The summed E-state index contributed by atoms with van der Waals surface area (Å²) in [7, 11) is 1.49. The van der Waals surface area contributed by atoms with Crippen molar-refractivity contribution in [2.24, 2.45) is 0 Å². The molecule has 1 amide bonds. The van der Waals surface area contributed by atoms with Crippen LogP contribution >= 0.6 is 34.8 Å². The number of amides is 1. The van der Waals surface area contributed by atoms with Gasteiger partial charge in [0.15, 0.2) is 5.58 Å². The SMILES string of the molecule is COc1c(Cl)cc(Cl)cc1/C=C/C(=O)Nc1cc(-c2nc3cc(C)cc(C)c3o2)ccc1Cl. The number of fused-ring (bicyclic) bond motifs is 1. The first-order valence-corrected chi connectivity index (χ1v) is 11.1. The summed E-state index contributed by atoms with van der Waals surface area (Å²) in [5, 5.41) is 3.94. The summed E-state index contributed by atoms with van der Waals surface area (Å²) in [4.78, 5) is 17.2. The van der Waals surface area contributed by atoms with E-state index >= 15 is 0 Å². The van der Waals surface area contributed by atoms with Crippen molar-refractivity contribution < 1.29 is 13.9 Å². The molecule has 0 radical (unpaired) electrons. The zero-order valence-electron chi connectivity index (χ0n) is 18.0. The summed E-state index contributed by atoms with van der Waals surface area (Å²) in [5.41, 5.74) is 5.31. The molecule has 0 aliphatic carbocycles. The maximum atomic E-state index is 12.6. The fraction of sp³-hybridized carbons (Fsp3) is 0.120. The molecule has 8 heteroatoms. The zero-order valence-corrected chi connectivity index (χ0v) is 20.3. The van der Waals surface area contributed by atoms with Gasteiger partial charge >= 0.3 is 0 Å². The summed E-state index contributed by atoms with van der Waals surface area (Å²) in [6.45, 7) is 3.99. The predicted molar refractivity (Wildman–Crippen MR) is 135 cm³/mol. The molecule has 0 atom stereocenters. The highest BCUT2D eigenvalue weighted by atomic mass is 35.5. The van der Waals surface area contributed by atoms with Gasteiger partial charge in [0.1, 0.15) is 11.3 Å². The molecule has 1 N–H and O–H groups in total. The van der Waals surface area contributed by atoms with E-state index in [9.17, 15) is 4.79 Å². The van der Waals surface area contributed by atoms with Gasteiger partial charge in [-0.05, 0) is 67.4 Å². The number of carbonyl (C=O) groups is 1. The molecule has 0 saturated carbocycles. The van der Waals surface area contributed by atoms with Gasteiger partial charge in [0, 0.05) is 22.2 Å². The number of aryl methyl sites for hydroxylation is 2. The smallest absolute Gasteiger partial charge is 0.248 e. The van der Waals surface area contributed by atoms with Crippen molar-refractivity contribution in [1.82, 2.24) is 4.98 Å². The number of ether oxygens (including phenoxy) is 1. The van der Waals surface area contributed by atoms with Gasteiger partial charge in [-0.25, -0.2) is 4.98 Å². The monoisotopic (exact) mass is 500 g/mol. The van der Waals surface area contributed by atoms with Crippen LogP contribution in [0.2, 0.25) is 15.1 Å². The van der Waals surface area contributed by atoms with Crippen molar-refractivity contribution in [3.63, 3.8) is 0 Å². The Bertz CT molecular complexity index is 1410. The molecule has 0 unspecified atom stereocenters. The number of methoxy groups -OCH3 is 1. The maximum absolute atomic E-state index is 12.6. The first-order valence-electron chi connectivity index (χ1n) is 9.95. The van der Waals surface area contributed by atoms with Crippen molar-refractivity contribution in [3.8, 4) is 17.2 Å². The zero-order chi connectivity index (χ0) is 23.7. The predicted octanol–water partition coefficient (Wildman–Crippen LogP) is 7.73. The van der Waals surface area contributed by atoms with Crippen LogP contribution in [0.25, 0.3) is 28.6 Å². The molecule has 0 saturated heterocycles. The fourth-order valence-corrected chi connectivity index (χ4v) is 4.26. The van der Waals surface area contributed by atoms with E-state index in [1.54, 1.807) is 36.4 Å². The van der Waals surface area contributed by atoms with E-state index in [4.69, 9.17) is 44.0 Å². The second kappa shape index (κ2) is 9.48. The third-order valence-electron chi connectivity index (χ3n) is 4.95. The number of nitrogens with zero attached hydrogens (tertiary/aromatic N) is 1. The Hall–Kier alpha value is -2.99. The largest absolute Gasteiger partial charge is 0.495 e. The van der Waals surface area contributed by atoms with Gasteiger partial charge in [-0.3, -0.25) is 4.79 Å². The van der Waals surface area contributed by atoms with Gasteiger partial charge in [0.25, 0.3) is 0 Å². The van der Waals surface area contributed by atoms with Crippen LogP contribution in [0.3, 0.4) is 0 Å². The molecule has 4 aromatic rings. The Morgan fingerprint density at radius 1 is 1.06 bits per heavy atom. The van der Waals surface area contributed by atoms with Crippen LogP contribution in [0, 0.1) is 13.8 Å². The Morgan fingerprint density at radius 3 is 2.61 bits per heavy atom. The summed E-state index contributed by atoms with van der Waals surface area (Å²) in [6.07, 6.45) is 2.91. The van der Waals surface area contributed by atoms with Crippen molar-refractivity contribution in [1.29, 1.82) is 0 Å². The average Bonchev–Trinajstić information content (AvgIpc) is 3.18. The lowest BCUT2D eigenvalue weighted by atomic mass is 10.1. The highest BCUT2D eigenvalue weighted by Crippen LogP contribution is 2.34. The quantitative estimate of drug-likeness (QED) is 0.284. The Morgan fingerprint density at radius 2 is 1.85 bits per heavy atom. The number of oxazole rings is 1. The lowest BCUT2D eigenvalue weighted by molar-refractivity contribution is -0.111. The molecule has 0 aliphatic heterocycles. The van der Waals surface area contributed by atoms with Crippen LogP contribution in [0.1, 0.15) is 16.7 Å². The first kappa shape index (κ1) is 23.2. The lowest BCUT2D eigenvalue weighted by Crippen LogP contribution is -2.08. The van der Waals surface area contributed by atoms with Crippen molar-refractivity contribution in [3.05, 3.63) is 80.3 Å². The highest BCUT2D eigenvalue weighted by molar-refractivity contribution is 6.36. The molecule has 168 valence electrons. The van der Waals surface area contributed by atoms with E-state index in [1.165, 1.54) is 13.2 Å². The molecule has 1 heterocycles. The summed E-state index contributed by atoms with van der Waals surface area (Å²) in [6, 6.07) is 12.4. The Kier molecular flexibility index (Phi) is 6.66. The number of rotatable bonds is 5. The molecule has 33 heavy (non-hydrogen) atoms. The highest BCUT2D eigenvalue weighted by Gasteiger charge is 2.14. The topological polar surface area (TPSA) is 64.4 Å². The molecule has 0 bridgehead atoms. The normalized spacial score (nSPS) is 11.3. The number of nitrogens with one attached hydrogen (secondary N) is 1. The van der Waals surface area contributed by atoms with Crippen LogP contribution in [-0.2, 0) is 4.79 Å². The molecule has 0 aliphatic rings. The maximum Gasteiger partial charge on any atom is 0.248 e. The average molecular weight is 502 g/mol. The molecule has 4 rings (SSSR count). The number of halogens is 3. The van der Waals surface area contributed by atoms with Gasteiger partial charge in [-0.15, -0.1) is 0 Å².